The van der Waals surface area contributed by atoms with E-state index in [9.17, 15) is 18.0 Å². The molecule has 1 saturated heterocycles. The number of piperazine rings is 1. The Labute approximate surface area is 175 Å². The molecule has 0 aliphatic carbocycles. The third kappa shape index (κ3) is 4.22. The standard InChI is InChI=1S/C20H18ClF3N4O2/c21-14-6-4-13(5-7-14)12-28-15-2-1-3-16(30-18(29)20(22,23)24)17(15)26-19(28)27-10-8-25-9-11-27/h1-7,25H,8-12H2. The molecule has 1 fully saturated rings. The number of hydrogen-bond donors (Lipinski definition) is 1. The highest BCUT2D eigenvalue weighted by molar-refractivity contribution is 6.30. The smallest absolute Gasteiger partial charge is 0.417 e. The fourth-order valence-corrected chi connectivity index (χ4v) is 3.51. The minimum Gasteiger partial charge on any atom is -0.417 e. The lowest BCUT2D eigenvalue weighted by Gasteiger charge is -2.29. The van der Waals surface area contributed by atoms with Crippen molar-refractivity contribution in [2.75, 3.05) is 31.1 Å². The summed E-state index contributed by atoms with van der Waals surface area (Å²) >= 11 is 5.97. The normalized spacial score (nSPS) is 14.9. The third-order valence-electron chi connectivity index (χ3n) is 4.81. The molecule has 4 rings (SSSR count). The summed E-state index contributed by atoms with van der Waals surface area (Å²) in [4.78, 5) is 18.0. The van der Waals surface area contributed by atoms with Gasteiger partial charge in [0.2, 0.25) is 5.95 Å². The van der Waals surface area contributed by atoms with E-state index in [2.05, 4.69) is 19.9 Å². The van der Waals surface area contributed by atoms with E-state index in [0.717, 1.165) is 18.7 Å². The summed E-state index contributed by atoms with van der Waals surface area (Å²) < 4.78 is 44.6. The predicted octanol–water partition coefficient (Wildman–Crippen LogP) is 3.62. The summed E-state index contributed by atoms with van der Waals surface area (Å²) in [6.07, 6.45) is -5.09. The second kappa shape index (κ2) is 8.16. The van der Waals surface area contributed by atoms with E-state index in [1.54, 1.807) is 24.3 Å². The van der Waals surface area contributed by atoms with E-state index in [1.807, 2.05) is 16.7 Å². The number of benzene rings is 2. The quantitative estimate of drug-likeness (QED) is 0.498. The van der Waals surface area contributed by atoms with Gasteiger partial charge in [-0.05, 0) is 29.8 Å². The van der Waals surface area contributed by atoms with E-state index in [1.165, 1.54) is 6.07 Å². The number of ether oxygens (including phenoxy) is 1. The number of nitrogens with zero attached hydrogens (tertiary/aromatic N) is 3. The molecule has 6 nitrogen and oxygen atoms in total. The maximum atomic E-state index is 12.7. The second-order valence-corrected chi connectivity index (χ2v) is 7.31. The molecule has 2 heterocycles. The number of para-hydroxylation sites is 1. The van der Waals surface area contributed by atoms with E-state index in [4.69, 9.17) is 11.6 Å². The van der Waals surface area contributed by atoms with Crippen molar-refractivity contribution < 1.29 is 22.7 Å². The molecule has 1 aliphatic rings. The topological polar surface area (TPSA) is 59.4 Å². The number of esters is 1. The summed E-state index contributed by atoms with van der Waals surface area (Å²) in [5.74, 6) is -1.89. The number of nitrogens with one attached hydrogen (secondary N) is 1. The van der Waals surface area contributed by atoms with Crippen LogP contribution in [0.5, 0.6) is 5.75 Å². The van der Waals surface area contributed by atoms with Crippen LogP contribution in [0, 0.1) is 0 Å². The SMILES string of the molecule is O=C(Oc1cccc2c1nc(N1CCNCC1)n2Cc1ccc(Cl)cc1)C(F)(F)F. The van der Waals surface area contributed by atoms with Gasteiger partial charge in [0.05, 0.1) is 12.1 Å². The van der Waals surface area contributed by atoms with Crippen LogP contribution in [0.4, 0.5) is 19.1 Å². The molecule has 0 atom stereocenters. The average Bonchev–Trinajstić information content (AvgIpc) is 3.09. The van der Waals surface area contributed by atoms with Crippen molar-refractivity contribution in [1.29, 1.82) is 0 Å². The summed E-state index contributed by atoms with van der Waals surface area (Å²) in [6, 6.07) is 11.9. The summed E-state index contributed by atoms with van der Waals surface area (Å²) in [6.45, 7) is 3.35. The Balaban J connectivity index is 1.79. The number of halogens is 4. The highest BCUT2D eigenvalue weighted by Gasteiger charge is 2.41. The minimum absolute atomic E-state index is 0.206. The van der Waals surface area contributed by atoms with E-state index >= 15 is 0 Å². The highest BCUT2D eigenvalue weighted by atomic mass is 35.5. The zero-order chi connectivity index (χ0) is 21.3. The second-order valence-electron chi connectivity index (χ2n) is 6.87. The van der Waals surface area contributed by atoms with Crippen LogP contribution in [0.3, 0.4) is 0 Å². The van der Waals surface area contributed by atoms with Gasteiger partial charge in [0.25, 0.3) is 0 Å². The monoisotopic (exact) mass is 438 g/mol. The number of anilines is 1. The van der Waals surface area contributed by atoms with Crippen molar-refractivity contribution >= 4 is 34.6 Å². The Morgan fingerprint density at radius 1 is 1.13 bits per heavy atom. The van der Waals surface area contributed by atoms with Crippen molar-refractivity contribution in [3.8, 4) is 5.75 Å². The highest BCUT2D eigenvalue weighted by Crippen LogP contribution is 2.32. The molecular formula is C20H18ClF3N4O2. The van der Waals surface area contributed by atoms with Crippen molar-refractivity contribution in [2.24, 2.45) is 0 Å². The number of rotatable bonds is 4. The van der Waals surface area contributed by atoms with Crippen LogP contribution in [0.2, 0.25) is 5.02 Å². The summed E-state index contributed by atoms with van der Waals surface area (Å²) in [5, 5.41) is 3.87. The number of carbonyl (C=O) groups excluding carboxylic acids is 1. The molecule has 1 N–H and O–H groups in total. The molecule has 30 heavy (non-hydrogen) atoms. The van der Waals surface area contributed by atoms with Crippen LogP contribution < -0.4 is 15.0 Å². The van der Waals surface area contributed by atoms with Crippen LogP contribution in [-0.4, -0.2) is 47.9 Å². The fourth-order valence-electron chi connectivity index (χ4n) is 3.38. The van der Waals surface area contributed by atoms with Gasteiger partial charge in [-0.15, -0.1) is 0 Å². The van der Waals surface area contributed by atoms with Gasteiger partial charge < -0.3 is 19.5 Å². The minimum atomic E-state index is -5.09. The predicted molar refractivity (Wildman–Crippen MR) is 107 cm³/mol. The van der Waals surface area contributed by atoms with Gasteiger partial charge >= 0.3 is 12.1 Å². The molecule has 0 spiro atoms. The van der Waals surface area contributed by atoms with Gasteiger partial charge in [0.15, 0.2) is 5.75 Å². The lowest BCUT2D eigenvalue weighted by molar-refractivity contribution is -0.189. The molecule has 2 aromatic carbocycles. The first-order valence-electron chi connectivity index (χ1n) is 9.31. The molecule has 158 valence electrons. The van der Waals surface area contributed by atoms with E-state index in [0.29, 0.717) is 36.1 Å². The number of alkyl halides is 3. The largest absolute Gasteiger partial charge is 0.491 e. The van der Waals surface area contributed by atoms with Gasteiger partial charge in [0.1, 0.15) is 5.52 Å². The van der Waals surface area contributed by atoms with Crippen LogP contribution in [0.25, 0.3) is 11.0 Å². The number of imidazole rings is 1. The first-order chi connectivity index (χ1) is 14.3. The van der Waals surface area contributed by atoms with Gasteiger partial charge in [-0.25, -0.2) is 9.78 Å². The van der Waals surface area contributed by atoms with Gasteiger partial charge in [-0.3, -0.25) is 0 Å². The van der Waals surface area contributed by atoms with Crippen molar-refractivity contribution in [3.05, 3.63) is 53.1 Å². The Morgan fingerprint density at radius 2 is 1.83 bits per heavy atom. The zero-order valence-electron chi connectivity index (χ0n) is 15.7. The molecule has 1 aromatic heterocycles. The van der Waals surface area contributed by atoms with Crippen molar-refractivity contribution in [3.63, 3.8) is 0 Å². The fraction of sp³-hybridized carbons (Fsp3) is 0.300. The van der Waals surface area contributed by atoms with E-state index < -0.39 is 12.1 Å². The molecular weight excluding hydrogens is 421 g/mol. The first kappa shape index (κ1) is 20.5. The molecule has 0 amide bonds. The Bertz CT molecular complexity index is 1060. The summed E-state index contributed by atoms with van der Waals surface area (Å²) in [5.41, 5.74) is 1.73. The Hall–Kier alpha value is -2.78. The molecule has 10 heteroatoms. The first-order valence-corrected chi connectivity index (χ1v) is 9.69. The zero-order valence-corrected chi connectivity index (χ0v) is 16.5. The molecule has 0 bridgehead atoms. The average molecular weight is 439 g/mol. The Kier molecular flexibility index (Phi) is 5.57. The van der Waals surface area contributed by atoms with Gasteiger partial charge in [0, 0.05) is 31.2 Å². The Morgan fingerprint density at radius 3 is 2.50 bits per heavy atom. The molecule has 0 radical (unpaired) electrons. The van der Waals surface area contributed by atoms with Crippen LogP contribution in [0.15, 0.2) is 42.5 Å². The molecule has 0 saturated carbocycles. The lowest BCUT2D eigenvalue weighted by atomic mass is 10.2. The molecule has 1 aliphatic heterocycles. The van der Waals surface area contributed by atoms with Crippen LogP contribution in [-0.2, 0) is 11.3 Å². The van der Waals surface area contributed by atoms with Crippen molar-refractivity contribution in [2.45, 2.75) is 12.7 Å². The number of aromatic nitrogens is 2. The molecule has 3 aromatic rings. The maximum absolute atomic E-state index is 12.7. The number of hydrogen-bond acceptors (Lipinski definition) is 5. The number of fused-ring (bicyclic) bond motifs is 1. The maximum Gasteiger partial charge on any atom is 0.491 e. The number of carbonyl (C=O) groups is 1. The van der Waals surface area contributed by atoms with E-state index in [-0.39, 0.29) is 11.3 Å². The van der Waals surface area contributed by atoms with Crippen LogP contribution >= 0.6 is 11.6 Å². The lowest BCUT2D eigenvalue weighted by Crippen LogP contribution is -2.44. The van der Waals surface area contributed by atoms with Crippen molar-refractivity contribution in [1.82, 2.24) is 14.9 Å². The summed E-state index contributed by atoms with van der Waals surface area (Å²) in [7, 11) is 0. The van der Waals surface area contributed by atoms with Crippen LogP contribution in [0.1, 0.15) is 5.56 Å². The van der Waals surface area contributed by atoms with Gasteiger partial charge in [-0.2, -0.15) is 13.2 Å². The molecule has 0 unspecified atom stereocenters. The third-order valence-corrected chi connectivity index (χ3v) is 5.06. The van der Waals surface area contributed by atoms with Gasteiger partial charge in [-0.1, -0.05) is 29.8 Å².